The Morgan fingerprint density at radius 2 is 1.84 bits per heavy atom. The van der Waals surface area contributed by atoms with E-state index in [0.717, 1.165) is 25.3 Å². The van der Waals surface area contributed by atoms with Crippen LogP contribution in [-0.2, 0) is 6.61 Å². The van der Waals surface area contributed by atoms with Crippen LogP contribution in [0.5, 0.6) is 5.75 Å². The van der Waals surface area contributed by atoms with E-state index in [1.54, 1.807) is 6.07 Å². The molecule has 0 saturated heterocycles. The quantitative estimate of drug-likeness (QED) is 0.588. The van der Waals surface area contributed by atoms with Gasteiger partial charge in [0, 0.05) is 8.95 Å². The highest BCUT2D eigenvalue weighted by molar-refractivity contribution is 9.11. The maximum Gasteiger partial charge on any atom is 0.153 e. The predicted molar refractivity (Wildman–Crippen MR) is 85.7 cm³/mol. The Bertz CT molecular complexity index is 612. The van der Waals surface area contributed by atoms with Gasteiger partial charge in [0.25, 0.3) is 0 Å². The number of carbonyl (C=O) groups is 1. The molecule has 0 unspecified atom stereocenters. The second-order valence-electron chi connectivity index (χ2n) is 3.84. The van der Waals surface area contributed by atoms with E-state index >= 15 is 0 Å². The topological polar surface area (TPSA) is 26.3 Å². The van der Waals surface area contributed by atoms with Crippen LogP contribution in [-0.4, -0.2) is 6.29 Å². The van der Waals surface area contributed by atoms with Crippen molar-refractivity contribution in [2.75, 3.05) is 0 Å². The summed E-state index contributed by atoms with van der Waals surface area (Å²) in [7, 11) is 0. The fraction of sp³-hybridized carbons (Fsp3) is 0.0714. The van der Waals surface area contributed by atoms with Gasteiger partial charge in [-0.3, -0.25) is 4.79 Å². The third kappa shape index (κ3) is 3.91. The SMILES string of the molecule is O=Cc1cc(Br)cc(Br)c1OCc1cccc(Br)c1. The van der Waals surface area contributed by atoms with Gasteiger partial charge >= 0.3 is 0 Å². The van der Waals surface area contributed by atoms with E-state index in [1.807, 2.05) is 30.3 Å². The first-order chi connectivity index (χ1) is 9.10. The van der Waals surface area contributed by atoms with Crippen LogP contribution in [0.25, 0.3) is 0 Å². The molecule has 0 aromatic heterocycles. The van der Waals surface area contributed by atoms with Crippen molar-refractivity contribution in [3.05, 3.63) is 60.9 Å². The second kappa shape index (κ2) is 6.68. The molecule has 0 aliphatic heterocycles. The molecule has 0 N–H and O–H groups in total. The molecule has 0 amide bonds. The number of ether oxygens (including phenoxy) is 1. The van der Waals surface area contributed by atoms with Gasteiger partial charge in [0.15, 0.2) is 6.29 Å². The summed E-state index contributed by atoms with van der Waals surface area (Å²) in [4.78, 5) is 11.1. The van der Waals surface area contributed by atoms with Crippen LogP contribution in [0.15, 0.2) is 49.8 Å². The molecule has 2 aromatic carbocycles. The standard InChI is InChI=1S/C14H9Br3O2/c15-11-3-1-2-9(4-11)8-19-14-10(7-18)5-12(16)6-13(14)17/h1-7H,8H2. The van der Waals surface area contributed by atoms with Crippen LogP contribution in [0.1, 0.15) is 15.9 Å². The molecule has 0 heterocycles. The molecule has 98 valence electrons. The lowest BCUT2D eigenvalue weighted by Crippen LogP contribution is -1.99. The number of halogens is 3. The maximum atomic E-state index is 11.1. The molecule has 2 rings (SSSR count). The molecule has 0 fully saturated rings. The lowest BCUT2D eigenvalue weighted by Gasteiger charge is -2.11. The van der Waals surface area contributed by atoms with Gasteiger partial charge in [-0.15, -0.1) is 0 Å². The predicted octanol–water partition coefficient (Wildman–Crippen LogP) is 5.37. The molecule has 0 aliphatic carbocycles. The normalized spacial score (nSPS) is 10.3. The Morgan fingerprint density at radius 1 is 1.05 bits per heavy atom. The largest absolute Gasteiger partial charge is 0.487 e. The van der Waals surface area contributed by atoms with Gasteiger partial charge < -0.3 is 4.74 Å². The maximum absolute atomic E-state index is 11.1. The van der Waals surface area contributed by atoms with Crippen LogP contribution >= 0.6 is 47.8 Å². The fourth-order valence-corrected chi connectivity index (χ4v) is 3.42. The van der Waals surface area contributed by atoms with Gasteiger partial charge in [0.05, 0.1) is 10.0 Å². The van der Waals surface area contributed by atoms with Gasteiger partial charge in [0.2, 0.25) is 0 Å². The van der Waals surface area contributed by atoms with E-state index in [1.165, 1.54) is 0 Å². The lowest BCUT2D eigenvalue weighted by molar-refractivity contribution is 0.111. The monoisotopic (exact) mass is 446 g/mol. The fourth-order valence-electron chi connectivity index (χ4n) is 1.60. The lowest BCUT2D eigenvalue weighted by atomic mass is 10.2. The molecule has 0 saturated carbocycles. The van der Waals surface area contributed by atoms with E-state index in [2.05, 4.69) is 47.8 Å². The first kappa shape index (κ1) is 14.8. The molecular weight excluding hydrogens is 440 g/mol. The van der Waals surface area contributed by atoms with Crippen molar-refractivity contribution < 1.29 is 9.53 Å². The van der Waals surface area contributed by atoms with Crippen LogP contribution in [0, 0.1) is 0 Å². The Morgan fingerprint density at radius 3 is 2.53 bits per heavy atom. The first-order valence-electron chi connectivity index (χ1n) is 5.41. The molecule has 0 aliphatic rings. The highest BCUT2D eigenvalue weighted by atomic mass is 79.9. The van der Waals surface area contributed by atoms with Gasteiger partial charge in [-0.1, -0.05) is 44.0 Å². The van der Waals surface area contributed by atoms with Crippen LogP contribution < -0.4 is 4.74 Å². The molecule has 2 aromatic rings. The molecule has 0 radical (unpaired) electrons. The van der Waals surface area contributed by atoms with Crippen molar-refractivity contribution >= 4 is 54.1 Å². The minimum atomic E-state index is 0.403. The zero-order chi connectivity index (χ0) is 13.8. The second-order valence-corrected chi connectivity index (χ2v) is 6.53. The number of rotatable bonds is 4. The highest BCUT2D eigenvalue weighted by Gasteiger charge is 2.10. The number of hydrogen-bond donors (Lipinski definition) is 0. The highest BCUT2D eigenvalue weighted by Crippen LogP contribution is 2.32. The van der Waals surface area contributed by atoms with E-state index in [4.69, 9.17) is 4.74 Å². The summed E-state index contributed by atoms with van der Waals surface area (Å²) in [6.07, 6.45) is 0.783. The summed E-state index contributed by atoms with van der Waals surface area (Å²) in [5.41, 5.74) is 1.54. The molecule has 0 spiro atoms. The minimum absolute atomic E-state index is 0.403. The Hall–Kier alpha value is -0.650. The number of benzene rings is 2. The zero-order valence-corrected chi connectivity index (χ0v) is 14.5. The number of aldehydes is 1. The van der Waals surface area contributed by atoms with Crippen molar-refractivity contribution in [3.63, 3.8) is 0 Å². The van der Waals surface area contributed by atoms with Crippen LogP contribution in [0.3, 0.4) is 0 Å². The van der Waals surface area contributed by atoms with E-state index < -0.39 is 0 Å². The van der Waals surface area contributed by atoms with Crippen LogP contribution in [0.2, 0.25) is 0 Å². The number of carbonyl (C=O) groups excluding carboxylic acids is 1. The van der Waals surface area contributed by atoms with Crippen molar-refractivity contribution in [2.45, 2.75) is 6.61 Å². The van der Waals surface area contributed by atoms with Crippen LogP contribution in [0.4, 0.5) is 0 Å². The Balaban J connectivity index is 2.22. The van der Waals surface area contributed by atoms with E-state index in [9.17, 15) is 4.79 Å². The summed E-state index contributed by atoms with van der Waals surface area (Å²) < 4.78 is 8.31. The third-order valence-corrected chi connectivity index (χ3v) is 3.98. The van der Waals surface area contributed by atoms with Gasteiger partial charge in [-0.25, -0.2) is 0 Å². The first-order valence-corrected chi connectivity index (χ1v) is 7.79. The average molecular weight is 449 g/mol. The summed E-state index contributed by atoms with van der Waals surface area (Å²) in [6, 6.07) is 11.4. The van der Waals surface area contributed by atoms with Crippen molar-refractivity contribution in [1.29, 1.82) is 0 Å². The molecule has 2 nitrogen and oxygen atoms in total. The summed E-state index contributed by atoms with van der Waals surface area (Å²) >= 11 is 10.2. The smallest absolute Gasteiger partial charge is 0.153 e. The minimum Gasteiger partial charge on any atom is -0.487 e. The van der Waals surface area contributed by atoms with Gasteiger partial charge in [-0.2, -0.15) is 0 Å². The van der Waals surface area contributed by atoms with Crippen molar-refractivity contribution in [1.82, 2.24) is 0 Å². The number of hydrogen-bond acceptors (Lipinski definition) is 2. The summed E-state index contributed by atoms with van der Waals surface area (Å²) in [6.45, 7) is 0.403. The van der Waals surface area contributed by atoms with E-state index in [-0.39, 0.29) is 0 Å². The van der Waals surface area contributed by atoms with Crippen molar-refractivity contribution in [3.8, 4) is 5.75 Å². The molecule has 0 bridgehead atoms. The average Bonchev–Trinajstić information content (AvgIpc) is 2.37. The van der Waals surface area contributed by atoms with Crippen molar-refractivity contribution in [2.24, 2.45) is 0 Å². The molecular formula is C14H9Br3O2. The Kier molecular flexibility index (Phi) is 5.19. The molecule has 0 atom stereocenters. The molecule has 19 heavy (non-hydrogen) atoms. The van der Waals surface area contributed by atoms with Gasteiger partial charge in [0.1, 0.15) is 12.4 Å². The summed E-state index contributed by atoms with van der Waals surface area (Å²) in [5, 5.41) is 0. The zero-order valence-electron chi connectivity index (χ0n) is 9.70. The van der Waals surface area contributed by atoms with E-state index in [0.29, 0.717) is 17.9 Å². The van der Waals surface area contributed by atoms with Gasteiger partial charge in [-0.05, 0) is 45.8 Å². The molecule has 5 heteroatoms. The third-order valence-electron chi connectivity index (χ3n) is 2.44. The summed E-state index contributed by atoms with van der Waals surface area (Å²) in [5.74, 6) is 0.554. The Labute approximate surface area is 136 Å².